The van der Waals surface area contributed by atoms with Crippen molar-refractivity contribution >= 4 is 25.2 Å². The van der Waals surface area contributed by atoms with E-state index in [0.717, 1.165) is 6.42 Å². The van der Waals surface area contributed by atoms with Crippen LogP contribution in [0.5, 0.6) is 0 Å². The monoisotopic (exact) mass is 456 g/mol. The van der Waals surface area contributed by atoms with Crippen molar-refractivity contribution in [3.63, 3.8) is 0 Å². The molecule has 0 rings (SSSR count). The van der Waals surface area contributed by atoms with E-state index in [-0.39, 0.29) is 29.7 Å². The summed E-state index contributed by atoms with van der Waals surface area (Å²) in [5, 5.41) is 8.75. The second-order valence-corrected chi connectivity index (χ2v) is 21.8. The summed E-state index contributed by atoms with van der Waals surface area (Å²) in [7, 11) is -5.07. The SMILES string of the molecule is C.C.C.C.C[Si](C)(C)O[Si](C)(C)O[Si](C)(C)CCCCCCCCCCCO. The molecule has 0 aliphatic heterocycles. The molecule has 0 aliphatic rings. The molecule has 1 N–H and O–H groups in total. The van der Waals surface area contributed by atoms with Crippen molar-refractivity contribution in [1.82, 2.24) is 0 Å². The van der Waals surface area contributed by atoms with Gasteiger partial charge in [-0.25, -0.2) is 0 Å². The summed E-state index contributed by atoms with van der Waals surface area (Å²) in [4.78, 5) is 0. The van der Waals surface area contributed by atoms with E-state index in [1.54, 1.807) is 0 Å². The maximum Gasteiger partial charge on any atom is 0.311 e. The topological polar surface area (TPSA) is 38.7 Å². The Balaban J connectivity index is -0.000000441. The molecule has 0 heterocycles. The number of hydrogen-bond donors (Lipinski definition) is 1. The Kier molecular flexibility index (Phi) is 27.2. The van der Waals surface area contributed by atoms with E-state index in [1.807, 2.05) is 0 Å². The smallest absolute Gasteiger partial charge is 0.311 e. The fourth-order valence-corrected chi connectivity index (χ4v) is 16.6. The Morgan fingerprint density at radius 3 is 1.25 bits per heavy atom. The molecule has 0 atom stereocenters. The molecule has 0 fully saturated rings. The van der Waals surface area contributed by atoms with Crippen molar-refractivity contribution in [3.05, 3.63) is 0 Å². The van der Waals surface area contributed by atoms with Crippen LogP contribution in [0.1, 0.15) is 87.5 Å². The zero-order valence-corrected chi connectivity index (χ0v) is 20.5. The average Bonchev–Trinajstić information content (AvgIpc) is 2.36. The predicted octanol–water partition coefficient (Wildman–Crippen LogP) is 8.81. The Morgan fingerprint density at radius 1 is 0.536 bits per heavy atom. The summed E-state index contributed by atoms with van der Waals surface area (Å²) < 4.78 is 12.9. The molecule has 178 valence electrons. The largest absolute Gasteiger partial charge is 0.437 e. The number of rotatable bonds is 15. The van der Waals surface area contributed by atoms with Crippen LogP contribution < -0.4 is 0 Å². The molecule has 0 unspecified atom stereocenters. The summed E-state index contributed by atoms with van der Waals surface area (Å²) in [5.41, 5.74) is 0. The first-order valence-electron chi connectivity index (χ1n) is 9.99. The van der Waals surface area contributed by atoms with Crippen LogP contribution in [-0.2, 0) is 8.23 Å². The summed E-state index contributed by atoms with van der Waals surface area (Å²) in [6.45, 7) is 16.3. The van der Waals surface area contributed by atoms with Gasteiger partial charge in [-0.15, -0.1) is 0 Å². The summed E-state index contributed by atoms with van der Waals surface area (Å²) in [6.07, 6.45) is 11.5. The number of unbranched alkanes of at least 4 members (excludes halogenated alkanes) is 8. The van der Waals surface area contributed by atoms with Gasteiger partial charge in [0.1, 0.15) is 0 Å². The first kappa shape index (κ1) is 39.1. The molecule has 0 radical (unpaired) electrons. The van der Waals surface area contributed by atoms with E-state index >= 15 is 0 Å². The third-order valence-corrected chi connectivity index (χ3v) is 14.2. The lowest BCUT2D eigenvalue weighted by atomic mass is 10.1. The normalized spacial score (nSPS) is 11.6. The van der Waals surface area contributed by atoms with Crippen molar-refractivity contribution in [2.45, 2.75) is 139 Å². The quantitative estimate of drug-likeness (QED) is 0.197. The van der Waals surface area contributed by atoms with Crippen LogP contribution in [-0.4, -0.2) is 36.9 Å². The molecule has 0 bridgehead atoms. The zero-order chi connectivity index (χ0) is 18.7. The number of aliphatic hydroxyl groups is 1. The van der Waals surface area contributed by atoms with Gasteiger partial charge in [-0.3, -0.25) is 0 Å². The molecule has 3 nitrogen and oxygen atoms in total. The lowest BCUT2D eigenvalue weighted by molar-refractivity contribution is 0.282. The van der Waals surface area contributed by atoms with Crippen LogP contribution >= 0.6 is 0 Å². The maximum atomic E-state index is 8.75. The van der Waals surface area contributed by atoms with E-state index in [2.05, 4.69) is 45.8 Å². The maximum absolute atomic E-state index is 8.75. The Hall–Kier alpha value is 0.531. The molecule has 0 aliphatic carbocycles. The average molecular weight is 457 g/mol. The highest BCUT2D eigenvalue weighted by Crippen LogP contribution is 2.24. The lowest BCUT2D eigenvalue weighted by Crippen LogP contribution is -2.51. The summed E-state index contributed by atoms with van der Waals surface area (Å²) >= 11 is 0. The molecule has 28 heavy (non-hydrogen) atoms. The van der Waals surface area contributed by atoms with Crippen LogP contribution in [0.4, 0.5) is 0 Å². The molecule has 0 saturated carbocycles. The van der Waals surface area contributed by atoms with Gasteiger partial charge in [0.2, 0.25) is 0 Å². The Bertz CT molecular complexity index is 317. The fraction of sp³-hybridized carbons (Fsp3) is 1.00. The highest BCUT2D eigenvalue weighted by molar-refractivity contribution is 6.87. The second-order valence-electron chi connectivity index (χ2n) is 9.13. The fourth-order valence-electron chi connectivity index (χ4n) is 3.37. The predicted molar refractivity (Wildman–Crippen MR) is 141 cm³/mol. The van der Waals surface area contributed by atoms with Gasteiger partial charge in [-0.1, -0.05) is 81.1 Å². The van der Waals surface area contributed by atoms with E-state index < -0.39 is 25.2 Å². The molecule has 0 spiro atoms. The van der Waals surface area contributed by atoms with Crippen LogP contribution in [0.15, 0.2) is 0 Å². The van der Waals surface area contributed by atoms with Crippen LogP contribution in [0.3, 0.4) is 0 Å². The van der Waals surface area contributed by atoms with E-state index in [9.17, 15) is 0 Å². The van der Waals surface area contributed by atoms with Gasteiger partial charge < -0.3 is 13.3 Å². The van der Waals surface area contributed by atoms with Crippen LogP contribution in [0.25, 0.3) is 0 Å². The summed E-state index contributed by atoms with van der Waals surface area (Å²) in [6, 6.07) is 1.26. The molecular formula is C22H60O3Si3. The van der Waals surface area contributed by atoms with Gasteiger partial charge >= 0.3 is 8.56 Å². The van der Waals surface area contributed by atoms with Gasteiger partial charge in [-0.05, 0) is 58.3 Å². The van der Waals surface area contributed by atoms with Crippen LogP contribution in [0, 0.1) is 0 Å². The highest BCUT2D eigenvalue weighted by Gasteiger charge is 2.37. The molecule has 0 amide bonds. The minimum Gasteiger partial charge on any atom is -0.437 e. The first-order valence-corrected chi connectivity index (χ1v) is 19.3. The lowest BCUT2D eigenvalue weighted by Gasteiger charge is -2.37. The molecule has 6 heteroatoms. The highest BCUT2D eigenvalue weighted by atomic mass is 28.5. The standard InChI is InChI=1S/C18H44O3Si3.4CH4/c1-22(2,3)20-24(6,7)21-23(4,5)18-16-14-12-10-8-9-11-13-15-17-19;;;;/h19H,8-18H2,1-7H3;4*1H4. The minimum atomic E-state index is -1.97. The van der Waals surface area contributed by atoms with Crippen molar-refractivity contribution in [2.24, 2.45) is 0 Å². The van der Waals surface area contributed by atoms with Crippen molar-refractivity contribution < 1.29 is 13.3 Å². The number of aliphatic hydroxyl groups excluding tert-OH is 1. The zero-order valence-electron chi connectivity index (χ0n) is 17.5. The van der Waals surface area contributed by atoms with Gasteiger partial charge in [0.05, 0.1) is 0 Å². The first-order chi connectivity index (χ1) is 11.0. The van der Waals surface area contributed by atoms with Crippen molar-refractivity contribution in [1.29, 1.82) is 0 Å². The van der Waals surface area contributed by atoms with Crippen molar-refractivity contribution in [2.75, 3.05) is 6.61 Å². The minimum absolute atomic E-state index is 0. The second kappa shape index (κ2) is 19.5. The molecule has 0 aromatic heterocycles. The molecule has 0 saturated heterocycles. The third kappa shape index (κ3) is 26.5. The van der Waals surface area contributed by atoms with Gasteiger partial charge in [0, 0.05) is 6.61 Å². The van der Waals surface area contributed by atoms with E-state index in [4.69, 9.17) is 13.3 Å². The van der Waals surface area contributed by atoms with E-state index in [1.165, 1.54) is 57.4 Å². The van der Waals surface area contributed by atoms with Crippen molar-refractivity contribution in [3.8, 4) is 0 Å². The van der Waals surface area contributed by atoms with Gasteiger partial charge in [0.15, 0.2) is 16.6 Å². The Morgan fingerprint density at radius 2 is 0.893 bits per heavy atom. The molecular weight excluding hydrogens is 396 g/mol. The Labute approximate surface area is 184 Å². The third-order valence-electron chi connectivity index (χ3n) is 4.01. The van der Waals surface area contributed by atoms with E-state index in [0.29, 0.717) is 6.61 Å². The number of hydrogen-bond acceptors (Lipinski definition) is 3. The van der Waals surface area contributed by atoms with Gasteiger partial charge in [0.25, 0.3) is 0 Å². The van der Waals surface area contributed by atoms with Gasteiger partial charge in [-0.2, -0.15) is 0 Å². The molecule has 0 aromatic rings. The van der Waals surface area contributed by atoms with Crippen LogP contribution in [0.2, 0.25) is 51.9 Å². The summed E-state index contributed by atoms with van der Waals surface area (Å²) in [5.74, 6) is 0. The molecule has 0 aromatic carbocycles.